The fraction of sp³-hybridized carbons (Fsp3) is 0.407. The lowest BCUT2D eigenvalue weighted by Crippen LogP contribution is -2.51. The molecule has 1 aliphatic rings. The molecule has 2 amide bonds. The van der Waals surface area contributed by atoms with Crippen LogP contribution in [0.25, 0.3) is 10.6 Å². The zero-order valence-corrected chi connectivity index (χ0v) is 22.2. The smallest absolute Gasteiger partial charge is 0.243 e. The number of likely N-dealkylation sites (tertiary alicyclic amines) is 1. The highest BCUT2D eigenvalue weighted by Crippen LogP contribution is 2.25. The Balaban J connectivity index is 0.00000186. The topological polar surface area (TPSA) is 133 Å². The van der Waals surface area contributed by atoms with Crippen LogP contribution in [0.3, 0.4) is 0 Å². The second-order valence-corrected chi connectivity index (χ2v) is 9.47. The predicted molar refractivity (Wildman–Crippen MR) is 147 cm³/mol. The lowest BCUT2D eigenvalue weighted by molar-refractivity contribution is -0.136. The number of amides is 2. The van der Waals surface area contributed by atoms with Crippen molar-refractivity contribution >= 4 is 28.8 Å². The maximum atomic E-state index is 13.2. The minimum atomic E-state index is -0.888. The van der Waals surface area contributed by atoms with Gasteiger partial charge in [0, 0.05) is 37.6 Å². The van der Waals surface area contributed by atoms with Crippen molar-refractivity contribution in [2.45, 2.75) is 58.3 Å². The first-order valence-corrected chi connectivity index (χ1v) is 13.6. The number of carbonyl (C=O) groups excluding carboxylic acids is 2. The van der Waals surface area contributed by atoms with Gasteiger partial charge in [-0.2, -0.15) is 0 Å². The summed E-state index contributed by atoms with van der Waals surface area (Å²) >= 11 is 1.54. The number of hydrogen-bond acceptors (Lipinski definition) is 8. The Morgan fingerprint density at radius 1 is 1.24 bits per heavy atom. The molecule has 198 valence electrons. The second-order valence-electron chi connectivity index (χ2n) is 8.56. The molecule has 1 aromatic carbocycles. The van der Waals surface area contributed by atoms with Crippen LogP contribution in [0, 0.1) is 0 Å². The first-order valence-electron chi connectivity index (χ1n) is 12.7. The van der Waals surface area contributed by atoms with Crippen LogP contribution in [0.1, 0.15) is 44.2 Å². The first-order chi connectivity index (χ1) is 18.0. The van der Waals surface area contributed by atoms with Crippen molar-refractivity contribution in [2.75, 3.05) is 18.4 Å². The van der Waals surface area contributed by atoms with E-state index in [0.717, 1.165) is 34.5 Å². The van der Waals surface area contributed by atoms with Gasteiger partial charge in [0.15, 0.2) is 0 Å². The molecule has 0 aliphatic carbocycles. The molecule has 1 aliphatic heterocycles. The van der Waals surface area contributed by atoms with E-state index in [-0.39, 0.29) is 18.4 Å². The summed E-state index contributed by atoms with van der Waals surface area (Å²) in [6.07, 6.45) is 6.70. The molecule has 2 aromatic heterocycles. The number of benzene rings is 1. The van der Waals surface area contributed by atoms with Crippen molar-refractivity contribution in [3.8, 4) is 10.6 Å². The summed E-state index contributed by atoms with van der Waals surface area (Å²) in [6.45, 7) is 4.86. The Bertz CT molecular complexity index is 1140. The lowest BCUT2D eigenvalue weighted by atomic mass is 10.1. The monoisotopic (exact) mass is 524 g/mol. The molecule has 3 heterocycles. The highest BCUT2D eigenvalue weighted by molar-refractivity contribution is 7.13. The largest absolute Gasteiger partial charge is 0.378 e. The molecule has 10 heteroatoms. The molecule has 1 fully saturated rings. The minimum absolute atomic E-state index is 0.0358. The molecule has 3 aromatic rings. The number of aliphatic hydroxyl groups excluding tert-OH is 1. The molecular weight excluding hydrogens is 488 g/mol. The lowest BCUT2D eigenvalue weighted by Gasteiger charge is -2.26. The molecule has 0 spiro atoms. The molecule has 9 nitrogen and oxygen atoms in total. The Morgan fingerprint density at radius 2 is 2.08 bits per heavy atom. The third-order valence-electron chi connectivity index (χ3n) is 5.85. The van der Waals surface area contributed by atoms with Gasteiger partial charge in [-0.05, 0) is 54.0 Å². The number of nitrogens with one attached hydrogen (secondary N) is 2. The molecule has 1 saturated heterocycles. The van der Waals surface area contributed by atoms with Crippen molar-refractivity contribution < 1.29 is 14.7 Å². The van der Waals surface area contributed by atoms with Crippen LogP contribution in [0.15, 0.2) is 54.3 Å². The summed E-state index contributed by atoms with van der Waals surface area (Å²) in [5.74, 6) is -0.429. The van der Waals surface area contributed by atoms with Gasteiger partial charge in [-0.1, -0.05) is 26.0 Å². The molecule has 4 rings (SSSR count). The van der Waals surface area contributed by atoms with Crippen LogP contribution < -0.4 is 16.4 Å². The Morgan fingerprint density at radius 3 is 2.84 bits per heavy atom. The van der Waals surface area contributed by atoms with Crippen molar-refractivity contribution in [3.63, 3.8) is 0 Å². The van der Waals surface area contributed by atoms with E-state index < -0.39 is 12.3 Å². The maximum Gasteiger partial charge on any atom is 0.243 e. The number of hydrogen-bond donors (Lipinski definition) is 4. The summed E-state index contributed by atoms with van der Waals surface area (Å²) in [5.41, 5.74) is 8.98. The van der Waals surface area contributed by atoms with Gasteiger partial charge in [0.25, 0.3) is 0 Å². The van der Waals surface area contributed by atoms with Crippen LogP contribution >= 0.6 is 11.3 Å². The molecular formula is C27H36N6O3S. The Hall–Kier alpha value is -3.18. The second kappa shape index (κ2) is 14.5. The molecule has 0 radical (unpaired) electrons. The fourth-order valence-electron chi connectivity index (χ4n) is 4.12. The molecule has 2 atom stereocenters. The SMILES string of the molecule is CC.NCc1cccc(NC(=O)CN2CCCCC(NC(O)Cc3csc(-c4cnccn4)c3)C2=O)c1. The Kier molecular flexibility index (Phi) is 11.2. The van der Waals surface area contributed by atoms with Crippen LogP contribution in [-0.4, -0.2) is 57.1 Å². The van der Waals surface area contributed by atoms with E-state index >= 15 is 0 Å². The highest BCUT2D eigenvalue weighted by atomic mass is 32.1. The van der Waals surface area contributed by atoms with E-state index in [4.69, 9.17) is 5.73 Å². The zero-order valence-electron chi connectivity index (χ0n) is 21.4. The quantitative estimate of drug-likeness (QED) is 0.316. The zero-order chi connectivity index (χ0) is 26.6. The van der Waals surface area contributed by atoms with Gasteiger partial charge < -0.3 is 21.1 Å². The molecule has 0 saturated carbocycles. The fourth-order valence-corrected chi connectivity index (χ4v) is 5.01. The molecule has 37 heavy (non-hydrogen) atoms. The molecule has 2 unspecified atom stereocenters. The van der Waals surface area contributed by atoms with Crippen molar-refractivity contribution in [1.29, 1.82) is 0 Å². The third-order valence-corrected chi connectivity index (χ3v) is 6.86. The van der Waals surface area contributed by atoms with Gasteiger partial charge in [0.2, 0.25) is 11.8 Å². The van der Waals surface area contributed by atoms with E-state index in [0.29, 0.717) is 31.6 Å². The normalized spacial score (nSPS) is 16.4. The van der Waals surface area contributed by atoms with E-state index in [9.17, 15) is 14.7 Å². The average molecular weight is 525 g/mol. The van der Waals surface area contributed by atoms with Gasteiger partial charge in [0.05, 0.1) is 29.4 Å². The summed E-state index contributed by atoms with van der Waals surface area (Å²) in [7, 11) is 0. The number of carbonyl (C=O) groups is 2. The van der Waals surface area contributed by atoms with E-state index in [2.05, 4.69) is 20.6 Å². The third kappa shape index (κ3) is 8.43. The van der Waals surface area contributed by atoms with E-state index in [1.54, 1.807) is 29.6 Å². The number of thiophene rings is 1. The van der Waals surface area contributed by atoms with Crippen LogP contribution in [-0.2, 0) is 22.6 Å². The number of nitrogens with zero attached hydrogens (tertiary/aromatic N) is 3. The molecule has 5 N–H and O–H groups in total. The summed E-state index contributed by atoms with van der Waals surface area (Å²) in [5, 5.41) is 18.5. The van der Waals surface area contributed by atoms with Gasteiger partial charge in [-0.3, -0.25) is 24.9 Å². The van der Waals surface area contributed by atoms with Crippen LogP contribution in [0.4, 0.5) is 5.69 Å². The van der Waals surface area contributed by atoms with E-state index in [1.807, 2.05) is 43.5 Å². The summed E-state index contributed by atoms with van der Waals surface area (Å²) in [6, 6.07) is 8.78. The first kappa shape index (κ1) is 28.4. The van der Waals surface area contributed by atoms with Crippen molar-refractivity contribution in [2.24, 2.45) is 5.73 Å². The van der Waals surface area contributed by atoms with Crippen molar-refractivity contribution in [3.05, 3.63) is 65.4 Å². The maximum absolute atomic E-state index is 13.2. The number of aromatic nitrogens is 2. The predicted octanol–water partition coefficient (Wildman–Crippen LogP) is 3.16. The van der Waals surface area contributed by atoms with Crippen LogP contribution in [0.5, 0.6) is 0 Å². The number of rotatable bonds is 9. The van der Waals surface area contributed by atoms with Crippen molar-refractivity contribution in [1.82, 2.24) is 20.2 Å². The van der Waals surface area contributed by atoms with E-state index in [1.165, 1.54) is 11.3 Å². The highest BCUT2D eigenvalue weighted by Gasteiger charge is 2.29. The summed E-state index contributed by atoms with van der Waals surface area (Å²) < 4.78 is 0. The van der Waals surface area contributed by atoms with Crippen LogP contribution in [0.2, 0.25) is 0 Å². The van der Waals surface area contributed by atoms with Gasteiger partial charge in [-0.25, -0.2) is 0 Å². The standard InChI is InChI=1S/C25H30N6O3S.C2H6/c26-13-17-4-3-5-19(10-17)29-24(33)15-31-9-2-1-6-20(25(31)34)30-23(32)12-18-11-22(35-16-18)21-14-27-7-8-28-21;1-2/h3-5,7-8,10-11,14,16,20,23,30,32H,1-2,6,9,12-13,15,26H2,(H,29,33);1-2H3. The summed E-state index contributed by atoms with van der Waals surface area (Å²) in [4.78, 5) is 36.7. The Labute approximate surface area is 222 Å². The minimum Gasteiger partial charge on any atom is -0.378 e. The number of aliphatic hydroxyl groups is 1. The number of anilines is 1. The van der Waals surface area contributed by atoms with Gasteiger partial charge >= 0.3 is 0 Å². The van der Waals surface area contributed by atoms with Gasteiger partial charge in [-0.15, -0.1) is 11.3 Å². The molecule has 0 bridgehead atoms. The number of nitrogens with two attached hydrogens (primary N) is 1. The van der Waals surface area contributed by atoms with Gasteiger partial charge in [0.1, 0.15) is 6.23 Å². The average Bonchev–Trinajstić information content (AvgIpc) is 3.32.